The Kier molecular flexibility index (Phi) is 2.34. The predicted octanol–water partition coefficient (Wildman–Crippen LogP) is 2.94. The van der Waals surface area contributed by atoms with Crippen molar-refractivity contribution in [2.45, 2.75) is 0 Å². The molecule has 0 fully saturated rings. The highest BCUT2D eigenvalue weighted by atomic mass is 35.5. The Hall–Kier alpha value is -1.23. The van der Waals surface area contributed by atoms with E-state index in [1.54, 1.807) is 12.1 Å². The summed E-state index contributed by atoms with van der Waals surface area (Å²) in [7, 11) is 0. The number of hydrogen-bond acceptors (Lipinski definition) is 1. The lowest BCUT2D eigenvalue weighted by Crippen LogP contribution is -2.33. The van der Waals surface area contributed by atoms with Gasteiger partial charge in [0.15, 0.2) is 0 Å². The van der Waals surface area contributed by atoms with Gasteiger partial charge in [-0.1, -0.05) is 29.8 Å². The Morgan fingerprint density at radius 1 is 1.07 bits per heavy atom. The summed E-state index contributed by atoms with van der Waals surface area (Å²) in [6, 6.07) is 6.64. The van der Waals surface area contributed by atoms with E-state index in [1.807, 2.05) is 0 Å². The number of benzene rings is 1. The molecule has 78 valence electrons. The quantitative estimate of drug-likeness (QED) is 0.542. The first-order chi connectivity index (χ1) is 6.97. The van der Waals surface area contributed by atoms with Gasteiger partial charge in [0.25, 0.3) is 0 Å². The fourth-order valence-corrected chi connectivity index (χ4v) is 1.47. The van der Waals surface area contributed by atoms with Crippen LogP contribution in [0.3, 0.4) is 0 Å². The first kappa shape index (κ1) is 10.3. The standard InChI is InChI=1S/C9H5BClF3N/c11-9-4-2-6-1-3-7(10(12,13)14)5-8(6)15-9/h1-5H/q-1. The second-order valence-corrected chi connectivity index (χ2v) is 3.55. The summed E-state index contributed by atoms with van der Waals surface area (Å²) in [4.78, 5) is 3.83. The zero-order valence-corrected chi connectivity index (χ0v) is 8.18. The molecule has 0 saturated heterocycles. The normalized spacial score (nSPS) is 12.0. The van der Waals surface area contributed by atoms with Gasteiger partial charge in [-0.3, -0.25) is 0 Å². The number of nitrogens with zero attached hydrogens (tertiary/aromatic N) is 1. The molecule has 2 rings (SSSR count). The maximum atomic E-state index is 12.4. The van der Waals surface area contributed by atoms with Gasteiger partial charge in [0, 0.05) is 5.39 Å². The molecule has 1 nitrogen and oxygen atoms in total. The topological polar surface area (TPSA) is 12.9 Å². The zero-order chi connectivity index (χ0) is 11.1. The number of aromatic nitrogens is 1. The van der Waals surface area contributed by atoms with Crippen molar-refractivity contribution in [2.24, 2.45) is 0 Å². The molecule has 15 heavy (non-hydrogen) atoms. The van der Waals surface area contributed by atoms with E-state index in [0.717, 1.165) is 12.1 Å². The van der Waals surface area contributed by atoms with Gasteiger partial charge in [-0.15, -0.1) is 5.46 Å². The van der Waals surface area contributed by atoms with Crippen LogP contribution in [0.1, 0.15) is 0 Å². The van der Waals surface area contributed by atoms with Crippen LogP contribution in [-0.4, -0.2) is 12.0 Å². The lowest BCUT2D eigenvalue weighted by Gasteiger charge is -2.14. The van der Waals surface area contributed by atoms with E-state index in [0.29, 0.717) is 5.39 Å². The molecule has 2 aromatic rings. The second kappa shape index (κ2) is 3.41. The summed E-state index contributed by atoms with van der Waals surface area (Å²) >= 11 is 5.60. The molecule has 0 unspecified atom stereocenters. The molecule has 0 amide bonds. The molecular formula is C9H5BClF3N-. The van der Waals surface area contributed by atoms with E-state index in [1.165, 1.54) is 6.07 Å². The number of rotatable bonds is 1. The molecule has 0 aliphatic heterocycles. The molecule has 1 aromatic carbocycles. The number of halogens is 4. The largest absolute Gasteiger partial charge is 0.509 e. The number of hydrogen-bond donors (Lipinski definition) is 0. The first-order valence-electron chi connectivity index (χ1n) is 4.23. The van der Waals surface area contributed by atoms with E-state index < -0.39 is 12.4 Å². The third kappa shape index (κ3) is 2.07. The molecule has 0 radical (unpaired) electrons. The van der Waals surface area contributed by atoms with Crippen molar-refractivity contribution in [3.8, 4) is 0 Å². The van der Waals surface area contributed by atoms with Crippen molar-refractivity contribution in [3.05, 3.63) is 35.5 Å². The van der Waals surface area contributed by atoms with Gasteiger partial charge in [-0.05, 0) is 12.1 Å². The predicted molar refractivity (Wildman–Crippen MR) is 55.5 cm³/mol. The van der Waals surface area contributed by atoms with Crippen LogP contribution in [0, 0.1) is 0 Å². The molecule has 0 aliphatic carbocycles. The highest BCUT2D eigenvalue weighted by Crippen LogP contribution is 2.17. The van der Waals surface area contributed by atoms with Gasteiger partial charge in [-0.25, -0.2) is 4.98 Å². The molecule has 0 saturated carbocycles. The summed E-state index contributed by atoms with van der Waals surface area (Å²) in [5, 5.41) is 0.831. The smallest absolute Gasteiger partial charge is 0.445 e. The summed E-state index contributed by atoms with van der Waals surface area (Å²) in [6.45, 7) is -4.98. The fourth-order valence-electron chi connectivity index (χ4n) is 1.31. The molecule has 0 spiro atoms. The lowest BCUT2D eigenvalue weighted by molar-refractivity contribution is 0.501. The van der Waals surface area contributed by atoms with Crippen LogP contribution in [-0.2, 0) is 0 Å². The third-order valence-corrected chi connectivity index (χ3v) is 2.27. The highest BCUT2D eigenvalue weighted by molar-refractivity contribution is 6.73. The maximum Gasteiger partial charge on any atom is 0.509 e. The van der Waals surface area contributed by atoms with Crippen LogP contribution in [0.4, 0.5) is 12.9 Å². The zero-order valence-electron chi connectivity index (χ0n) is 7.42. The van der Waals surface area contributed by atoms with E-state index in [-0.39, 0.29) is 10.7 Å². The minimum Gasteiger partial charge on any atom is -0.445 e. The van der Waals surface area contributed by atoms with Crippen LogP contribution in [0.2, 0.25) is 5.15 Å². The van der Waals surface area contributed by atoms with Gasteiger partial charge in [0.2, 0.25) is 0 Å². The average molecular weight is 230 g/mol. The van der Waals surface area contributed by atoms with Gasteiger partial charge in [-0.2, -0.15) is 0 Å². The molecule has 6 heteroatoms. The van der Waals surface area contributed by atoms with Gasteiger partial charge < -0.3 is 12.9 Å². The highest BCUT2D eigenvalue weighted by Gasteiger charge is 2.25. The Morgan fingerprint density at radius 2 is 1.73 bits per heavy atom. The van der Waals surface area contributed by atoms with Crippen LogP contribution in [0.5, 0.6) is 0 Å². The van der Waals surface area contributed by atoms with Crippen molar-refractivity contribution in [2.75, 3.05) is 0 Å². The Labute approximate surface area is 88.9 Å². The SMILES string of the molecule is F[B-](F)(F)c1ccc2ccc(Cl)nc2c1. The van der Waals surface area contributed by atoms with Gasteiger partial charge in [0.1, 0.15) is 5.15 Å². The van der Waals surface area contributed by atoms with E-state index >= 15 is 0 Å². The summed E-state index contributed by atoms with van der Waals surface area (Å²) in [6.07, 6.45) is 0. The summed E-state index contributed by atoms with van der Waals surface area (Å²) < 4.78 is 37.3. The molecule has 1 heterocycles. The van der Waals surface area contributed by atoms with E-state index in [4.69, 9.17) is 11.6 Å². The van der Waals surface area contributed by atoms with E-state index in [9.17, 15) is 12.9 Å². The second-order valence-electron chi connectivity index (χ2n) is 3.16. The van der Waals surface area contributed by atoms with Gasteiger partial charge in [0.05, 0.1) is 5.52 Å². The van der Waals surface area contributed by atoms with Crippen LogP contribution in [0.25, 0.3) is 10.9 Å². The Morgan fingerprint density at radius 3 is 2.40 bits per heavy atom. The van der Waals surface area contributed by atoms with Crippen molar-refractivity contribution < 1.29 is 12.9 Å². The molecule has 0 aliphatic rings. The third-order valence-electron chi connectivity index (χ3n) is 2.06. The van der Waals surface area contributed by atoms with E-state index in [2.05, 4.69) is 4.98 Å². The molecular weight excluding hydrogens is 225 g/mol. The maximum absolute atomic E-state index is 12.4. The fraction of sp³-hybridized carbons (Fsp3) is 0. The van der Waals surface area contributed by atoms with Crippen molar-refractivity contribution in [1.29, 1.82) is 0 Å². The summed E-state index contributed by atoms with van der Waals surface area (Å²) in [5.74, 6) is 0. The Balaban J connectivity index is 2.64. The monoisotopic (exact) mass is 230 g/mol. The average Bonchev–Trinajstić information content (AvgIpc) is 2.15. The Bertz CT molecular complexity index is 512. The molecule has 1 aromatic heterocycles. The minimum absolute atomic E-state index is 0.189. The van der Waals surface area contributed by atoms with Crippen molar-refractivity contribution >= 4 is 34.9 Å². The first-order valence-corrected chi connectivity index (χ1v) is 4.61. The van der Waals surface area contributed by atoms with Crippen molar-refractivity contribution in [3.63, 3.8) is 0 Å². The minimum atomic E-state index is -4.98. The lowest BCUT2D eigenvalue weighted by atomic mass is 9.80. The molecule has 0 bridgehead atoms. The molecule has 0 N–H and O–H groups in total. The summed E-state index contributed by atoms with van der Waals surface area (Å²) in [5.41, 5.74) is -0.392. The van der Waals surface area contributed by atoms with Crippen molar-refractivity contribution in [1.82, 2.24) is 4.98 Å². The van der Waals surface area contributed by atoms with Crippen LogP contribution < -0.4 is 5.46 Å². The number of pyridine rings is 1. The van der Waals surface area contributed by atoms with Crippen LogP contribution >= 0.6 is 11.6 Å². The number of fused-ring (bicyclic) bond motifs is 1. The molecule has 0 atom stereocenters. The van der Waals surface area contributed by atoms with Gasteiger partial charge >= 0.3 is 6.98 Å². The van der Waals surface area contributed by atoms with Crippen LogP contribution in [0.15, 0.2) is 30.3 Å².